The lowest BCUT2D eigenvalue weighted by atomic mass is 10.2. The van der Waals surface area contributed by atoms with Crippen LogP contribution >= 0.6 is 0 Å². The first-order chi connectivity index (χ1) is 5.04. The molecule has 0 radical (unpaired) electrons. The van der Waals surface area contributed by atoms with Crippen molar-refractivity contribution in [2.24, 2.45) is 5.73 Å². The summed E-state index contributed by atoms with van der Waals surface area (Å²) in [6.45, 7) is 0. The van der Waals surface area contributed by atoms with Crippen LogP contribution in [-0.2, 0) is 9.59 Å². The third kappa shape index (κ3) is 5.10. The maximum Gasteiger partial charge on any atom is 0.324 e. The minimum Gasteiger partial charge on any atom is -0.481 e. The molecule has 5 heteroatoms. The molecule has 0 saturated carbocycles. The SMILES string of the molecule is NC(/C=C/CC(=O)O)C(=O)O. The van der Waals surface area contributed by atoms with Crippen LogP contribution in [0.2, 0.25) is 0 Å². The highest BCUT2D eigenvalue weighted by atomic mass is 16.4. The summed E-state index contributed by atoms with van der Waals surface area (Å²) in [5.41, 5.74) is 5.02. The number of hydrogen-bond donors (Lipinski definition) is 3. The van der Waals surface area contributed by atoms with Crippen LogP contribution in [0.25, 0.3) is 0 Å². The highest BCUT2D eigenvalue weighted by Gasteiger charge is 2.05. The predicted molar refractivity (Wildman–Crippen MR) is 37.0 cm³/mol. The zero-order chi connectivity index (χ0) is 8.85. The molecule has 1 atom stereocenters. The second kappa shape index (κ2) is 4.45. The Balaban J connectivity index is 3.74. The second-order valence-corrected chi connectivity index (χ2v) is 1.89. The molecule has 1 unspecified atom stereocenters. The average molecular weight is 159 g/mol. The van der Waals surface area contributed by atoms with E-state index in [-0.39, 0.29) is 6.42 Å². The molecule has 0 saturated heterocycles. The monoisotopic (exact) mass is 159 g/mol. The summed E-state index contributed by atoms with van der Waals surface area (Å²) >= 11 is 0. The molecule has 0 aliphatic heterocycles. The number of aliphatic carboxylic acids is 2. The molecular weight excluding hydrogens is 150 g/mol. The van der Waals surface area contributed by atoms with Gasteiger partial charge in [0.1, 0.15) is 6.04 Å². The van der Waals surface area contributed by atoms with E-state index >= 15 is 0 Å². The molecule has 11 heavy (non-hydrogen) atoms. The number of nitrogens with two attached hydrogens (primary N) is 1. The lowest BCUT2D eigenvalue weighted by Gasteiger charge is -1.95. The van der Waals surface area contributed by atoms with Crippen molar-refractivity contribution in [3.05, 3.63) is 12.2 Å². The Morgan fingerprint density at radius 1 is 1.45 bits per heavy atom. The van der Waals surface area contributed by atoms with Crippen molar-refractivity contribution in [2.75, 3.05) is 0 Å². The number of carboxylic acid groups (broad SMARTS) is 2. The van der Waals surface area contributed by atoms with Gasteiger partial charge in [-0.15, -0.1) is 0 Å². The topological polar surface area (TPSA) is 101 Å². The van der Waals surface area contributed by atoms with E-state index in [1.165, 1.54) is 6.08 Å². The zero-order valence-electron chi connectivity index (χ0n) is 5.73. The van der Waals surface area contributed by atoms with Crippen molar-refractivity contribution in [2.45, 2.75) is 12.5 Å². The fourth-order valence-corrected chi connectivity index (χ4v) is 0.398. The molecule has 0 fully saturated rings. The molecule has 5 nitrogen and oxygen atoms in total. The van der Waals surface area contributed by atoms with Crippen molar-refractivity contribution in [3.63, 3.8) is 0 Å². The van der Waals surface area contributed by atoms with Crippen LogP contribution in [0.1, 0.15) is 6.42 Å². The Hall–Kier alpha value is -1.36. The summed E-state index contributed by atoms with van der Waals surface area (Å²) < 4.78 is 0. The van der Waals surface area contributed by atoms with Crippen molar-refractivity contribution in [3.8, 4) is 0 Å². The molecule has 0 bridgehead atoms. The Morgan fingerprint density at radius 2 is 2.00 bits per heavy atom. The van der Waals surface area contributed by atoms with Crippen molar-refractivity contribution in [1.29, 1.82) is 0 Å². The predicted octanol–water partition coefficient (Wildman–Crippen LogP) is -0.571. The van der Waals surface area contributed by atoms with E-state index in [9.17, 15) is 9.59 Å². The molecule has 0 aliphatic carbocycles. The summed E-state index contributed by atoms with van der Waals surface area (Å²) in [6.07, 6.45) is 2.14. The van der Waals surface area contributed by atoms with E-state index in [0.29, 0.717) is 0 Å². The maximum atomic E-state index is 10.1. The van der Waals surface area contributed by atoms with Gasteiger partial charge in [-0.3, -0.25) is 9.59 Å². The maximum absolute atomic E-state index is 10.1. The van der Waals surface area contributed by atoms with Crippen LogP contribution < -0.4 is 5.73 Å². The van der Waals surface area contributed by atoms with Gasteiger partial charge >= 0.3 is 11.9 Å². The first kappa shape index (κ1) is 9.64. The molecule has 0 heterocycles. The molecule has 0 aromatic carbocycles. The summed E-state index contributed by atoms with van der Waals surface area (Å²) in [4.78, 5) is 20.0. The van der Waals surface area contributed by atoms with Crippen LogP contribution in [0.5, 0.6) is 0 Å². The summed E-state index contributed by atoms with van der Waals surface area (Å²) in [6, 6.07) is -1.12. The van der Waals surface area contributed by atoms with E-state index in [0.717, 1.165) is 6.08 Å². The van der Waals surface area contributed by atoms with Gasteiger partial charge in [-0.05, 0) is 0 Å². The van der Waals surface area contributed by atoms with Gasteiger partial charge in [0.2, 0.25) is 0 Å². The molecule has 62 valence electrons. The molecule has 0 spiro atoms. The van der Waals surface area contributed by atoms with Crippen molar-refractivity contribution in [1.82, 2.24) is 0 Å². The van der Waals surface area contributed by atoms with Gasteiger partial charge in [0.25, 0.3) is 0 Å². The van der Waals surface area contributed by atoms with Gasteiger partial charge in [0.05, 0.1) is 6.42 Å². The first-order valence-electron chi connectivity index (χ1n) is 2.91. The van der Waals surface area contributed by atoms with Gasteiger partial charge in [-0.1, -0.05) is 12.2 Å². The number of rotatable bonds is 4. The second-order valence-electron chi connectivity index (χ2n) is 1.89. The first-order valence-corrected chi connectivity index (χ1v) is 2.91. The largest absolute Gasteiger partial charge is 0.481 e. The summed E-state index contributed by atoms with van der Waals surface area (Å²) in [5.74, 6) is -2.19. The number of carboxylic acids is 2. The van der Waals surface area contributed by atoms with Crippen LogP contribution in [0.15, 0.2) is 12.2 Å². The average Bonchev–Trinajstić information content (AvgIpc) is 1.86. The highest BCUT2D eigenvalue weighted by Crippen LogP contribution is 1.86. The van der Waals surface area contributed by atoms with E-state index < -0.39 is 18.0 Å². The standard InChI is InChI=1S/C6H9NO4/c7-4(6(10)11)2-1-3-5(8)9/h1-2,4H,3,7H2,(H,8,9)(H,10,11)/b2-1+. The summed E-state index contributed by atoms with van der Waals surface area (Å²) in [7, 11) is 0. The molecule has 4 N–H and O–H groups in total. The van der Waals surface area contributed by atoms with Gasteiger partial charge in [-0.2, -0.15) is 0 Å². The molecule has 0 aromatic rings. The lowest BCUT2D eigenvalue weighted by Crippen LogP contribution is -2.27. The quantitative estimate of drug-likeness (QED) is 0.477. The Kier molecular flexibility index (Phi) is 3.90. The fraction of sp³-hybridized carbons (Fsp3) is 0.333. The molecule has 0 rings (SSSR count). The van der Waals surface area contributed by atoms with Gasteiger partial charge < -0.3 is 15.9 Å². The van der Waals surface area contributed by atoms with E-state index in [1.54, 1.807) is 0 Å². The molecule has 0 amide bonds. The van der Waals surface area contributed by atoms with Gasteiger partial charge in [-0.25, -0.2) is 0 Å². The number of hydrogen-bond acceptors (Lipinski definition) is 3. The third-order valence-corrected chi connectivity index (χ3v) is 0.921. The highest BCUT2D eigenvalue weighted by molar-refractivity contribution is 5.76. The molecule has 0 aromatic heterocycles. The van der Waals surface area contributed by atoms with Crippen molar-refractivity contribution >= 4 is 11.9 Å². The van der Waals surface area contributed by atoms with Crippen molar-refractivity contribution < 1.29 is 19.8 Å². The van der Waals surface area contributed by atoms with Crippen LogP contribution in [0, 0.1) is 0 Å². The van der Waals surface area contributed by atoms with Crippen LogP contribution in [0.4, 0.5) is 0 Å². The number of carbonyl (C=O) groups is 2. The smallest absolute Gasteiger partial charge is 0.324 e. The fourth-order valence-electron chi connectivity index (χ4n) is 0.398. The van der Waals surface area contributed by atoms with E-state index in [4.69, 9.17) is 15.9 Å². The molecular formula is C6H9NO4. The van der Waals surface area contributed by atoms with E-state index in [2.05, 4.69) is 0 Å². The van der Waals surface area contributed by atoms with E-state index in [1.807, 2.05) is 0 Å². The zero-order valence-corrected chi connectivity index (χ0v) is 5.73. The minimum absolute atomic E-state index is 0.207. The Labute approximate surface area is 63.1 Å². The normalized spacial score (nSPS) is 13.2. The lowest BCUT2D eigenvalue weighted by molar-refractivity contribution is -0.138. The van der Waals surface area contributed by atoms with Gasteiger partial charge in [0, 0.05) is 0 Å². The third-order valence-electron chi connectivity index (χ3n) is 0.921. The minimum atomic E-state index is -1.17. The van der Waals surface area contributed by atoms with Crippen LogP contribution in [-0.4, -0.2) is 28.2 Å². The Bertz CT molecular complexity index is 187. The summed E-state index contributed by atoms with van der Waals surface area (Å²) in [5, 5.41) is 16.3. The van der Waals surface area contributed by atoms with Crippen LogP contribution in [0.3, 0.4) is 0 Å². The molecule has 0 aliphatic rings. The van der Waals surface area contributed by atoms with Gasteiger partial charge in [0.15, 0.2) is 0 Å². The Morgan fingerprint density at radius 3 is 2.36 bits per heavy atom.